The Labute approximate surface area is 161 Å². The van der Waals surface area contributed by atoms with Crippen LogP contribution in [0, 0.1) is 6.92 Å². The smallest absolute Gasteiger partial charge is 0.325 e. The van der Waals surface area contributed by atoms with Crippen molar-refractivity contribution in [2.24, 2.45) is 0 Å². The van der Waals surface area contributed by atoms with Crippen LogP contribution in [-0.2, 0) is 27.7 Å². The number of amides is 1. The lowest BCUT2D eigenvalue weighted by atomic mass is 10.1. The van der Waals surface area contributed by atoms with Crippen LogP contribution in [0.25, 0.3) is 0 Å². The first kappa shape index (κ1) is 19.9. The number of H-pyrrole nitrogens is 2. The highest BCUT2D eigenvalue weighted by molar-refractivity contribution is 7.92. The summed E-state index contributed by atoms with van der Waals surface area (Å²) >= 11 is 0. The minimum atomic E-state index is -3.53. The molecule has 1 aromatic carbocycles. The van der Waals surface area contributed by atoms with Gasteiger partial charge in [0, 0.05) is 30.8 Å². The third kappa shape index (κ3) is 4.33. The predicted octanol–water partition coefficient (Wildman–Crippen LogP) is -0.187. The van der Waals surface area contributed by atoms with E-state index in [2.05, 4.69) is 15.3 Å². The average Bonchev–Trinajstić information content (AvgIpc) is 3.05. The molecule has 28 heavy (non-hydrogen) atoms. The van der Waals surface area contributed by atoms with Crippen LogP contribution in [0.15, 0.2) is 33.9 Å². The van der Waals surface area contributed by atoms with E-state index in [1.165, 1.54) is 4.31 Å². The summed E-state index contributed by atoms with van der Waals surface area (Å²) in [6, 6.07) is 7.37. The van der Waals surface area contributed by atoms with Crippen molar-refractivity contribution < 1.29 is 13.2 Å². The number of hydrogen-bond acceptors (Lipinski definition) is 5. The average molecular weight is 406 g/mol. The second kappa shape index (κ2) is 8.01. The number of aromatic nitrogens is 2. The molecule has 10 heteroatoms. The molecule has 0 fully saturated rings. The first-order valence-electron chi connectivity index (χ1n) is 8.95. The number of aryl methyl sites for hydroxylation is 1. The summed E-state index contributed by atoms with van der Waals surface area (Å²) in [5, 5.41) is 2.58. The Morgan fingerprint density at radius 1 is 1.21 bits per heavy atom. The highest BCUT2D eigenvalue weighted by Gasteiger charge is 2.28. The molecule has 1 aliphatic rings. The molecule has 0 saturated carbocycles. The van der Waals surface area contributed by atoms with Crippen LogP contribution in [0.2, 0.25) is 0 Å². The van der Waals surface area contributed by atoms with Gasteiger partial charge in [0.25, 0.3) is 5.56 Å². The molecule has 0 unspecified atom stereocenters. The van der Waals surface area contributed by atoms with E-state index in [1.54, 1.807) is 19.1 Å². The summed E-state index contributed by atoms with van der Waals surface area (Å²) < 4.78 is 26.5. The number of nitrogens with one attached hydrogen (secondary N) is 3. The van der Waals surface area contributed by atoms with Gasteiger partial charge in [-0.05, 0) is 31.4 Å². The molecule has 9 nitrogen and oxygen atoms in total. The molecular formula is C18H22N4O5S. The number of rotatable bonds is 7. The molecule has 3 rings (SSSR count). The number of fused-ring (bicyclic) bond motifs is 1. The zero-order chi connectivity index (χ0) is 20.3. The minimum Gasteiger partial charge on any atom is -0.355 e. The van der Waals surface area contributed by atoms with Gasteiger partial charge in [-0.1, -0.05) is 18.2 Å². The predicted molar refractivity (Wildman–Crippen MR) is 105 cm³/mol. The Morgan fingerprint density at radius 2 is 1.96 bits per heavy atom. The summed E-state index contributed by atoms with van der Waals surface area (Å²) in [6.07, 6.45) is 0.841. The number of para-hydroxylation sites is 1. The molecule has 1 aliphatic heterocycles. The maximum atomic E-state index is 12.6. The fourth-order valence-corrected chi connectivity index (χ4v) is 4.71. The number of nitrogens with zero attached hydrogens (tertiary/aromatic N) is 1. The van der Waals surface area contributed by atoms with E-state index < -0.39 is 21.3 Å². The summed E-state index contributed by atoms with van der Waals surface area (Å²) in [5.74, 6) is -0.562. The van der Waals surface area contributed by atoms with Crippen molar-refractivity contribution in [2.45, 2.75) is 26.2 Å². The van der Waals surface area contributed by atoms with Gasteiger partial charge in [-0.2, -0.15) is 0 Å². The molecule has 0 aliphatic carbocycles. The zero-order valence-electron chi connectivity index (χ0n) is 15.4. The van der Waals surface area contributed by atoms with Gasteiger partial charge in [-0.3, -0.25) is 18.9 Å². The quantitative estimate of drug-likeness (QED) is 0.586. The topological polar surface area (TPSA) is 132 Å². The van der Waals surface area contributed by atoms with Gasteiger partial charge in [0.15, 0.2) is 0 Å². The summed E-state index contributed by atoms with van der Waals surface area (Å²) in [4.78, 5) is 39.6. The monoisotopic (exact) mass is 406 g/mol. The van der Waals surface area contributed by atoms with E-state index in [4.69, 9.17) is 0 Å². The number of benzene rings is 1. The number of carbonyl (C=O) groups is 1. The van der Waals surface area contributed by atoms with Crippen molar-refractivity contribution in [2.75, 3.05) is 23.1 Å². The van der Waals surface area contributed by atoms with Crippen molar-refractivity contribution in [3.63, 3.8) is 0 Å². The maximum Gasteiger partial charge on any atom is 0.325 e. The van der Waals surface area contributed by atoms with Crippen LogP contribution in [-0.4, -0.2) is 43.1 Å². The van der Waals surface area contributed by atoms with Crippen LogP contribution in [0.4, 0.5) is 5.69 Å². The van der Waals surface area contributed by atoms with Gasteiger partial charge in [-0.15, -0.1) is 0 Å². The lowest BCUT2D eigenvalue weighted by Crippen LogP contribution is -2.37. The molecule has 1 amide bonds. The molecule has 0 radical (unpaired) electrons. The van der Waals surface area contributed by atoms with Crippen molar-refractivity contribution in [3.05, 3.63) is 61.9 Å². The Morgan fingerprint density at radius 3 is 2.71 bits per heavy atom. The maximum absolute atomic E-state index is 12.6. The summed E-state index contributed by atoms with van der Waals surface area (Å²) in [7, 11) is -3.53. The van der Waals surface area contributed by atoms with E-state index in [9.17, 15) is 22.8 Å². The first-order valence-corrected chi connectivity index (χ1v) is 10.6. The van der Waals surface area contributed by atoms with E-state index in [0.29, 0.717) is 29.9 Å². The minimum absolute atomic E-state index is 0.0131. The van der Waals surface area contributed by atoms with Gasteiger partial charge >= 0.3 is 5.69 Å². The van der Waals surface area contributed by atoms with Crippen LogP contribution in [0.1, 0.15) is 23.2 Å². The Hall–Kier alpha value is -2.88. The van der Waals surface area contributed by atoms with E-state index in [-0.39, 0.29) is 31.0 Å². The van der Waals surface area contributed by atoms with Crippen LogP contribution < -0.4 is 20.9 Å². The lowest BCUT2D eigenvalue weighted by molar-refractivity contribution is -0.120. The molecule has 0 spiro atoms. The molecule has 0 bridgehead atoms. The van der Waals surface area contributed by atoms with Crippen molar-refractivity contribution in [1.29, 1.82) is 0 Å². The highest BCUT2D eigenvalue weighted by Crippen LogP contribution is 2.29. The largest absolute Gasteiger partial charge is 0.355 e. The number of hydrogen-bond donors (Lipinski definition) is 3. The standard InChI is InChI=1S/C18H22N4O5S/c1-12-14(17(24)21-18(25)20-12)6-7-16(23)19-9-11-28(26,27)22-10-8-13-4-2-3-5-15(13)22/h2-5H,6-11H2,1H3,(H,19,23)(H2,20,21,24,25). The highest BCUT2D eigenvalue weighted by atomic mass is 32.2. The molecule has 2 heterocycles. The van der Waals surface area contributed by atoms with Gasteiger partial charge in [0.1, 0.15) is 0 Å². The third-order valence-corrected chi connectivity index (χ3v) is 6.49. The Kier molecular flexibility index (Phi) is 5.68. The fraction of sp³-hybridized carbons (Fsp3) is 0.389. The normalized spacial score (nSPS) is 13.4. The van der Waals surface area contributed by atoms with E-state index >= 15 is 0 Å². The molecule has 2 aromatic rings. The SMILES string of the molecule is Cc1[nH]c(=O)[nH]c(=O)c1CCC(=O)NCCS(=O)(=O)N1CCc2ccccc21. The molecule has 1 aromatic heterocycles. The number of aromatic amines is 2. The molecule has 0 saturated heterocycles. The van der Waals surface area contributed by atoms with Gasteiger partial charge < -0.3 is 10.3 Å². The van der Waals surface area contributed by atoms with Crippen molar-refractivity contribution in [3.8, 4) is 0 Å². The second-order valence-corrected chi connectivity index (χ2v) is 8.64. The molecular weight excluding hydrogens is 384 g/mol. The summed E-state index contributed by atoms with van der Waals surface area (Å²) in [6.45, 7) is 1.98. The first-order chi connectivity index (χ1) is 13.3. The van der Waals surface area contributed by atoms with E-state index in [1.807, 2.05) is 12.1 Å². The number of carbonyl (C=O) groups excluding carboxylic acids is 1. The Bertz CT molecular complexity index is 1100. The fourth-order valence-electron chi connectivity index (χ4n) is 3.28. The van der Waals surface area contributed by atoms with Gasteiger partial charge in [0.05, 0.1) is 11.4 Å². The van der Waals surface area contributed by atoms with Crippen molar-refractivity contribution in [1.82, 2.24) is 15.3 Å². The number of sulfonamides is 1. The number of anilines is 1. The van der Waals surface area contributed by atoms with Gasteiger partial charge in [0.2, 0.25) is 15.9 Å². The van der Waals surface area contributed by atoms with Crippen LogP contribution in [0.5, 0.6) is 0 Å². The Balaban J connectivity index is 1.52. The second-order valence-electron chi connectivity index (χ2n) is 6.63. The molecule has 3 N–H and O–H groups in total. The van der Waals surface area contributed by atoms with Gasteiger partial charge in [-0.25, -0.2) is 13.2 Å². The van der Waals surface area contributed by atoms with Crippen molar-refractivity contribution >= 4 is 21.6 Å². The van der Waals surface area contributed by atoms with E-state index in [0.717, 1.165) is 5.56 Å². The molecule has 0 atom stereocenters. The summed E-state index contributed by atoms with van der Waals surface area (Å²) in [5.41, 5.74) is 1.32. The lowest BCUT2D eigenvalue weighted by Gasteiger charge is -2.19. The molecule has 150 valence electrons. The third-order valence-electron chi connectivity index (χ3n) is 4.72. The zero-order valence-corrected chi connectivity index (χ0v) is 16.3. The van der Waals surface area contributed by atoms with Crippen LogP contribution in [0.3, 0.4) is 0 Å². The van der Waals surface area contributed by atoms with Crippen LogP contribution >= 0.6 is 0 Å².